The van der Waals surface area contributed by atoms with Gasteiger partial charge in [-0.15, -0.1) is 0 Å². The Morgan fingerprint density at radius 1 is 0.846 bits per heavy atom. The zero-order valence-electron chi connectivity index (χ0n) is 18.1. The second-order valence-electron chi connectivity index (χ2n) is 4.79. The molecule has 0 fully saturated rings. The van der Waals surface area contributed by atoms with E-state index in [0.29, 0.717) is 24.6 Å². The average Bonchev–Trinajstić information content (AvgIpc) is 2.69. The molecular formula is C16H38O8Si2. The van der Waals surface area contributed by atoms with Gasteiger partial charge in [0.25, 0.3) is 0 Å². The Balaban J connectivity index is -0.000000444. The van der Waals surface area contributed by atoms with Crippen molar-refractivity contribution >= 4 is 23.6 Å². The van der Waals surface area contributed by atoms with E-state index in [1.165, 1.54) is 0 Å². The van der Waals surface area contributed by atoms with Crippen molar-refractivity contribution in [3.05, 3.63) is 12.2 Å². The van der Waals surface area contributed by atoms with Gasteiger partial charge in [-0.05, 0) is 13.3 Å². The predicted octanol–water partition coefficient (Wildman–Crippen LogP) is 2.89. The molecule has 0 saturated heterocycles. The molecular weight excluding hydrogens is 376 g/mol. The van der Waals surface area contributed by atoms with Crippen molar-refractivity contribution in [2.24, 2.45) is 0 Å². The van der Waals surface area contributed by atoms with E-state index < -0.39 is 17.6 Å². The van der Waals surface area contributed by atoms with Gasteiger partial charge in [0.1, 0.15) is 0 Å². The third-order valence-corrected chi connectivity index (χ3v) is 8.31. The smallest absolute Gasteiger partial charge is 0.462 e. The van der Waals surface area contributed by atoms with Crippen molar-refractivity contribution in [3.8, 4) is 0 Å². The summed E-state index contributed by atoms with van der Waals surface area (Å²) in [6.07, 6.45) is 0.640. The molecule has 0 unspecified atom stereocenters. The van der Waals surface area contributed by atoms with Crippen LogP contribution in [0.4, 0.5) is 0 Å². The van der Waals surface area contributed by atoms with Crippen LogP contribution in [0.25, 0.3) is 0 Å². The molecule has 0 aromatic rings. The van der Waals surface area contributed by atoms with Crippen molar-refractivity contribution in [2.75, 3.05) is 49.3 Å². The summed E-state index contributed by atoms with van der Waals surface area (Å²) in [5.41, 5.74) is 0.397. The second-order valence-corrected chi connectivity index (χ2v) is 10.8. The molecule has 0 rings (SSSR count). The quantitative estimate of drug-likeness (QED) is 0.221. The largest absolute Gasteiger partial charge is 0.500 e. The van der Waals surface area contributed by atoms with Crippen LogP contribution in [0.5, 0.6) is 0 Å². The first-order valence-electron chi connectivity index (χ1n) is 8.33. The van der Waals surface area contributed by atoms with E-state index >= 15 is 0 Å². The summed E-state index contributed by atoms with van der Waals surface area (Å²) >= 11 is 0. The minimum absolute atomic E-state index is 0.316. The fourth-order valence-corrected chi connectivity index (χ4v) is 3.57. The number of carbonyl (C=O) groups is 1. The lowest BCUT2D eigenvalue weighted by molar-refractivity contribution is -0.139. The Hall–Kier alpha value is -0.596. The molecule has 0 amide bonds. The Morgan fingerprint density at radius 2 is 1.23 bits per heavy atom. The third kappa shape index (κ3) is 13.6. The lowest BCUT2D eigenvalue weighted by Gasteiger charge is -2.24. The maximum atomic E-state index is 11.1. The predicted molar refractivity (Wildman–Crippen MR) is 106 cm³/mol. The van der Waals surface area contributed by atoms with E-state index in [-0.39, 0.29) is 5.97 Å². The van der Waals surface area contributed by atoms with Gasteiger partial charge in [0.05, 0.1) is 6.61 Å². The summed E-state index contributed by atoms with van der Waals surface area (Å²) in [6.45, 7) is 11.2. The minimum atomic E-state index is -2.53. The van der Waals surface area contributed by atoms with Gasteiger partial charge in [0.15, 0.2) is 0 Å². The van der Waals surface area contributed by atoms with E-state index in [0.717, 1.165) is 0 Å². The topological polar surface area (TPSA) is 81.7 Å². The molecule has 158 valence electrons. The molecule has 10 heteroatoms. The summed E-state index contributed by atoms with van der Waals surface area (Å²) < 4.78 is 35.4. The van der Waals surface area contributed by atoms with Gasteiger partial charge >= 0.3 is 23.6 Å². The van der Waals surface area contributed by atoms with E-state index in [1.807, 2.05) is 20.4 Å². The molecule has 0 aliphatic heterocycles. The maximum absolute atomic E-state index is 11.1. The monoisotopic (exact) mass is 414 g/mol. The van der Waals surface area contributed by atoms with Crippen LogP contribution < -0.4 is 0 Å². The fourth-order valence-electron chi connectivity index (χ4n) is 1.38. The SMILES string of the molecule is C=C(C)C(=O)OCCC[Si](OC)(OC)OC.CC.CO[Si](C)(OC)OC. The van der Waals surface area contributed by atoms with Crippen LogP contribution in [0.3, 0.4) is 0 Å². The molecule has 0 atom stereocenters. The van der Waals surface area contributed by atoms with Gasteiger partial charge in [-0.2, -0.15) is 0 Å². The van der Waals surface area contributed by atoms with Crippen molar-refractivity contribution < 1.29 is 36.1 Å². The zero-order valence-corrected chi connectivity index (χ0v) is 20.1. The Morgan fingerprint density at radius 3 is 1.46 bits per heavy atom. The molecule has 8 nitrogen and oxygen atoms in total. The average molecular weight is 415 g/mol. The zero-order chi connectivity index (χ0) is 21.2. The molecule has 0 aliphatic carbocycles. The first-order valence-corrected chi connectivity index (χ1v) is 12.5. The molecule has 0 radical (unpaired) electrons. The van der Waals surface area contributed by atoms with Gasteiger partial charge in [0, 0.05) is 60.8 Å². The highest BCUT2D eigenvalue weighted by Crippen LogP contribution is 2.14. The van der Waals surface area contributed by atoms with Crippen LogP contribution in [-0.2, 0) is 36.1 Å². The van der Waals surface area contributed by atoms with Crippen LogP contribution in [0.1, 0.15) is 27.2 Å². The molecule has 0 spiro atoms. The highest BCUT2D eigenvalue weighted by molar-refractivity contribution is 6.60. The Bertz CT molecular complexity index is 342. The van der Waals surface area contributed by atoms with Crippen molar-refractivity contribution in [1.82, 2.24) is 0 Å². The first kappa shape index (κ1) is 30.1. The Labute approximate surface area is 161 Å². The number of hydrogen-bond acceptors (Lipinski definition) is 8. The van der Waals surface area contributed by atoms with E-state index in [1.54, 1.807) is 49.6 Å². The van der Waals surface area contributed by atoms with Crippen LogP contribution in [0.2, 0.25) is 12.6 Å². The number of carbonyl (C=O) groups excluding carboxylic acids is 1. The van der Waals surface area contributed by atoms with Gasteiger partial charge in [0.2, 0.25) is 0 Å². The van der Waals surface area contributed by atoms with E-state index in [4.69, 9.17) is 31.3 Å². The number of rotatable bonds is 11. The first-order chi connectivity index (χ1) is 12.2. The highest BCUT2D eigenvalue weighted by atomic mass is 28.4. The van der Waals surface area contributed by atoms with Gasteiger partial charge < -0.3 is 31.3 Å². The highest BCUT2D eigenvalue weighted by Gasteiger charge is 2.37. The molecule has 0 bridgehead atoms. The summed E-state index contributed by atoms with van der Waals surface area (Å²) in [5.74, 6) is -0.375. The van der Waals surface area contributed by atoms with Crippen LogP contribution >= 0.6 is 0 Å². The van der Waals surface area contributed by atoms with Crippen LogP contribution in [-0.4, -0.2) is 72.8 Å². The summed E-state index contributed by atoms with van der Waals surface area (Å²) in [4.78, 5) is 11.1. The Kier molecular flexibility index (Phi) is 20.6. The summed E-state index contributed by atoms with van der Waals surface area (Å²) in [7, 11) is 4.71. The molecule has 26 heavy (non-hydrogen) atoms. The fraction of sp³-hybridized carbons (Fsp3) is 0.812. The van der Waals surface area contributed by atoms with Crippen LogP contribution in [0, 0.1) is 0 Å². The lowest BCUT2D eigenvalue weighted by atomic mass is 10.4. The molecule has 0 heterocycles. The van der Waals surface area contributed by atoms with Crippen molar-refractivity contribution in [3.63, 3.8) is 0 Å². The van der Waals surface area contributed by atoms with Gasteiger partial charge in [-0.1, -0.05) is 20.4 Å². The number of esters is 1. The summed E-state index contributed by atoms with van der Waals surface area (Å²) in [6, 6.07) is 0.611. The number of hydrogen-bond donors (Lipinski definition) is 0. The standard InChI is InChI=1S/C10H20O5Si.C4H12O3Si.C2H6/c1-9(2)10(11)15-7-6-8-16(12-3,13-4)14-5;1-5-8(4,6-2)7-3;1-2/h1,6-8H2,2-5H3;1-4H3;1-2H3. The van der Waals surface area contributed by atoms with Gasteiger partial charge in [-0.25, -0.2) is 4.79 Å². The molecule has 0 aromatic carbocycles. The van der Waals surface area contributed by atoms with Crippen molar-refractivity contribution in [1.29, 1.82) is 0 Å². The third-order valence-electron chi connectivity index (χ3n) is 3.25. The second kappa shape index (κ2) is 17.8. The van der Waals surface area contributed by atoms with Gasteiger partial charge in [-0.3, -0.25) is 0 Å². The summed E-state index contributed by atoms with van der Waals surface area (Å²) in [5, 5.41) is 0. The van der Waals surface area contributed by atoms with Crippen molar-refractivity contribution in [2.45, 2.75) is 39.8 Å². The number of ether oxygens (including phenoxy) is 1. The van der Waals surface area contributed by atoms with Crippen LogP contribution in [0.15, 0.2) is 12.2 Å². The normalized spacial score (nSPS) is 10.8. The van der Waals surface area contributed by atoms with E-state index in [2.05, 4.69) is 6.58 Å². The van der Waals surface area contributed by atoms with E-state index in [9.17, 15) is 4.79 Å². The minimum Gasteiger partial charge on any atom is -0.462 e. The molecule has 0 N–H and O–H groups in total. The maximum Gasteiger partial charge on any atom is 0.500 e. The molecule has 0 saturated carbocycles. The molecule has 0 aromatic heterocycles. The molecule has 0 aliphatic rings. The lowest BCUT2D eigenvalue weighted by Crippen LogP contribution is -2.42.